The molecule has 0 unspecified atom stereocenters. The Morgan fingerprint density at radius 2 is 1.36 bits per heavy atom. The molecule has 8 nitrogen and oxygen atoms in total. The van der Waals surface area contributed by atoms with Crippen LogP contribution in [0.3, 0.4) is 0 Å². The van der Waals surface area contributed by atoms with Crippen molar-refractivity contribution in [1.29, 1.82) is 0 Å². The molecule has 2 atom stereocenters. The van der Waals surface area contributed by atoms with Gasteiger partial charge in [-0.05, 0) is 85.3 Å². The summed E-state index contributed by atoms with van der Waals surface area (Å²) in [6.45, 7) is 5.33. The predicted octanol–water partition coefficient (Wildman–Crippen LogP) is 7.78. The number of rotatable bonds is 14. The van der Waals surface area contributed by atoms with Crippen molar-refractivity contribution in [2.24, 2.45) is 0 Å². The zero-order chi connectivity index (χ0) is 34.8. The van der Waals surface area contributed by atoms with Gasteiger partial charge in [-0.3, -0.25) is 14.4 Å². The van der Waals surface area contributed by atoms with E-state index in [0.29, 0.717) is 29.5 Å². The lowest BCUT2D eigenvalue weighted by molar-refractivity contribution is -0.275. The lowest BCUT2D eigenvalue weighted by Crippen LogP contribution is -2.28. The zero-order valence-electron chi connectivity index (χ0n) is 25.8. The molecule has 0 fully saturated rings. The molecule has 0 aliphatic rings. The van der Waals surface area contributed by atoms with Crippen LogP contribution in [-0.4, -0.2) is 43.7 Å². The van der Waals surface area contributed by atoms with Crippen LogP contribution in [0.4, 0.5) is 32.0 Å². The zero-order valence-corrected chi connectivity index (χ0v) is 25.8. The summed E-state index contributed by atoms with van der Waals surface area (Å²) in [5.74, 6) is -3.93. The van der Waals surface area contributed by atoms with Gasteiger partial charge >= 0.3 is 18.7 Å². The van der Waals surface area contributed by atoms with Crippen LogP contribution < -0.4 is 20.1 Å². The summed E-state index contributed by atoms with van der Waals surface area (Å²) in [6, 6.07) is 14.7. The summed E-state index contributed by atoms with van der Waals surface area (Å²) in [5, 5.41) is 5.37. The minimum atomic E-state index is -4.92. The van der Waals surface area contributed by atoms with Gasteiger partial charge in [0.15, 0.2) is 0 Å². The van der Waals surface area contributed by atoms with E-state index in [1.165, 1.54) is 25.1 Å². The van der Waals surface area contributed by atoms with E-state index in [1.54, 1.807) is 31.2 Å². The maximum Gasteiger partial charge on any atom is 0.573 e. The number of carbonyl (C=O) groups excluding carboxylic acids is 3. The van der Waals surface area contributed by atoms with Crippen molar-refractivity contribution in [3.8, 4) is 11.5 Å². The summed E-state index contributed by atoms with van der Waals surface area (Å²) >= 11 is 0. The van der Waals surface area contributed by atoms with Crippen LogP contribution in [0, 0.1) is 6.92 Å². The van der Waals surface area contributed by atoms with E-state index in [0.717, 1.165) is 24.3 Å². The van der Waals surface area contributed by atoms with Crippen molar-refractivity contribution in [1.82, 2.24) is 5.32 Å². The van der Waals surface area contributed by atoms with E-state index in [9.17, 15) is 40.7 Å². The quantitative estimate of drug-likeness (QED) is 0.134. The Balaban J connectivity index is 1.93. The fraction of sp³-hybridized carbons (Fsp3) is 0.364. The number of aryl methyl sites for hydroxylation is 1. The second-order valence-electron chi connectivity index (χ2n) is 10.4. The third-order valence-electron chi connectivity index (χ3n) is 6.97. The topological polar surface area (TPSA) is 103 Å². The molecule has 2 amide bonds. The molecule has 0 aromatic heterocycles. The van der Waals surface area contributed by atoms with E-state index >= 15 is 0 Å². The molecule has 0 radical (unpaired) electrons. The molecule has 47 heavy (non-hydrogen) atoms. The molecule has 2 N–H and O–H groups in total. The van der Waals surface area contributed by atoms with Gasteiger partial charge in [0.25, 0.3) is 5.91 Å². The molecule has 0 spiro atoms. The molecule has 0 bridgehead atoms. The van der Waals surface area contributed by atoms with Gasteiger partial charge in [-0.1, -0.05) is 37.6 Å². The number of alkyl halides is 6. The minimum absolute atomic E-state index is 0.00260. The minimum Gasteiger partial charge on any atom is -0.466 e. The summed E-state index contributed by atoms with van der Waals surface area (Å²) in [6.07, 6.45) is -8.78. The fourth-order valence-electron chi connectivity index (χ4n) is 4.96. The van der Waals surface area contributed by atoms with Gasteiger partial charge in [-0.25, -0.2) is 0 Å². The van der Waals surface area contributed by atoms with Crippen LogP contribution in [0.1, 0.15) is 72.0 Å². The first kappa shape index (κ1) is 36.7. The second-order valence-corrected chi connectivity index (χ2v) is 10.4. The molecule has 3 rings (SSSR count). The number of esters is 1. The first-order chi connectivity index (χ1) is 22.1. The molecule has 0 saturated carbocycles. The van der Waals surface area contributed by atoms with Crippen molar-refractivity contribution in [3.63, 3.8) is 0 Å². The number of hydrogen-bond donors (Lipinski definition) is 2. The third-order valence-corrected chi connectivity index (χ3v) is 6.97. The highest BCUT2D eigenvalue weighted by atomic mass is 19.4. The van der Waals surface area contributed by atoms with Gasteiger partial charge in [0.2, 0.25) is 5.91 Å². The number of hydrogen-bond acceptors (Lipinski definition) is 6. The average Bonchev–Trinajstić information content (AvgIpc) is 2.98. The Morgan fingerprint density at radius 3 is 1.91 bits per heavy atom. The molecular weight excluding hydrogens is 634 g/mol. The Morgan fingerprint density at radius 1 is 0.787 bits per heavy atom. The van der Waals surface area contributed by atoms with Gasteiger partial charge in [-0.15, -0.1) is 26.3 Å². The largest absolute Gasteiger partial charge is 0.573 e. The lowest BCUT2D eigenvalue weighted by Gasteiger charge is -2.28. The molecule has 0 aliphatic carbocycles. The van der Waals surface area contributed by atoms with E-state index in [-0.39, 0.29) is 30.8 Å². The number of ether oxygens (including phenoxy) is 3. The number of halogens is 6. The standard InChI is InChI=1S/C33H34F6N2O6/c1-4-6-26(21-7-9-23(10-8-21)30(43)40-18-17-28(42)45-5-2)29(22-11-13-24(14-12-22)46-32(34,35)36)31(44)41-27-16-15-25(19-20(27)3)47-33(37,38)39/h7-16,19,26,29H,4-6,17-18H2,1-3H3,(H,40,43)(H,41,44)/t26-,29+/m1/s1. The van der Waals surface area contributed by atoms with Crippen LogP contribution in [0.25, 0.3) is 0 Å². The van der Waals surface area contributed by atoms with Gasteiger partial charge in [0.1, 0.15) is 11.5 Å². The van der Waals surface area contributed by atoms with Crippen LogP contribution in [0.15, 0.2) is 66.7 Å². The van der Waals surface area contributed by atoms with Crippen LogP contribution in [0.2, 0.25) is 0 Å². The predicted molar refractivity (Wildman–Crippen MR) is 160 cm³/mol. The average molecular weight is 669 g/mol. The van der Waals surface area contributed by atoms with Crippen LogP contribution in [0.5, 0.6) is 11.5 Å². The Bertz CT molecular complexity index is 1510. The number of anilines is 1. The second kappa shape index (κ2) is 16.2. The van der Waals surface area contributed by atoms with Crippen LogP contribution >= 0.6 is 0 Å². The molecule has 0 aliphatic heterocycles. The molecular formula is C33H34F6N2O6. The summed E-state index contributed by atoms with van der Waals surface area (Å²) in [5.41, 5.74) is 1.77. The Kier molecular flexibility index (Phi) is 12.6. The summed E-state index contributed by atoms with van der Waals surface area (Å²) in [4.78, 5) is 38.1. The molecule has 0 heterocycles. The number of nitrogens with one attached hydrogen (secondary N) is 2. The number of benzene rings is 3. The van der Waals surface area contributed by atoms with Gasteiger partial charge < -0.3 is 24.8 Å². The maximum absolute atomic E-state index is 13.9. The van der Waals surface area contributed by atoms with Crippen molar-refractivity contribution in [2.45, 2.75) is 64.6 Å². The highest BCUT2D eigenvalue weighted by Crippen LogP contribution is 2.39. The maximum atomic E-state index is 13.9. The first-order valence-electron chi connectivity index (χ1n) is 14.7. The van der Waals surface area contributed by atoms with Gasteiger partial charge in [-0.2, -0.15) is 0 Å². The Labute approximate surface area is 267 Å². The van der Waals surface area contributed by atoms with Crippen molar-refractivity contribution in [2.75, 3.05) is 18.5 Å². The summed E-state index contributed by atoms with van der Waals surface area (Å²) < 4.78 is 89.2. The van der Waals surface area contributed by atoms with E-state index in [1.807, 2.05) is 6.92 Å². The van der Waals surface area contributed by atoms with Gasteiger partial charge in [0.05, 0.1) is 18.9 Å². The van der Waals surface area contributed by atoms with Crippen molar-refractivity contribution >= 4 is 23.5 Å². The highest BCUT2D eigenvalue weighted by molar-refractivity contribution is 5.97. The van der Waals surface area contributed by atoms with E-state index < -0.39 is 53.8 Å². The first-order valence-corrected chi connectivity index (χ1v) is 14.7. The molecule has 0 saturated heterocycles. The third kappa shape index (κ3) is 11.5. The van der Waals surface area contributed by atoms with Crippen LogP contribution in [-0.2, 0) is 14.3 Å². The number of amides is 2. The SMILES string of the molecule is CCC[C@H](c1ccc(C(=O)NCCC(=O)OCC)cc1)[C@@H](C(=O)Nc1ccc(OC(F)(F)F)cc1C)c1ccc(OC(F)(F)F)cc1. The molecule has 14 heteroatoms. The monoisotopic (exact) mass is 668 g/mol. The van der Waals surface area contributed by atoms with Crippen molar-refractivity contribution in [3.05, 3.63) is 89.0 Å². The van der Waals surface area contributed by atoms with Crippen molar-refractivity contribution < 1.29 is 54.9 Å². The Hall–Kier alpha value is -4.75. The van der Waals surface area contributed by atoms with E-state index in [4.69, 9.17) is 4.74 Å². The molecule has 3 aromatic rings. The normalized spacial score (nSPS) is 12.9. The molecule has 3 aromatic carbocycles. The number of carbonyl (C=O) groups is 3. The smallest absolute Gasteiger partial charge is 0.466 e. The summed E-state index contributed by atoms with van der Waals surface area (Å²) in [7, 11) is 0. The lowest BCUT2D eigenvalue weighted by atomic mass is 9.78. The van der Waals surface area contributed by atoms with Gasteiger partial charge in [0, 0.05) is 17.8 Å². The van der Waals surface area contributed by atoms with E-state index in [2.05, 4.69) is 20.1 Å². The highest BCUT2D eigenvalue weighted by Gasteiger charge is 2.34. The molecule has 254 valence electrons. The fourth-order valence-corrected chi connectivity index (χ4v) is 4.96.